The Morgan fingerprint density at radius 3 is 2.95 bits per heavy atom. The first-order valence-corrected chi connectivity index (χ1v) is 7.67. The van der Waals surface area contributed by atoms with E-state index in [0.717, 1.165) is 21.3 Å². The molecule has 2 aliphatic rings. The van der Waals surface area contributed by atoms with Crippen molar-refractivity contribution in [1.29, 1.82) is 0 Å². The number of carbonyl (C=O) groups is 2. The van der Waals surface area contributed by atoms with Crippen molar-refractivity contribution in [3.8, 4) is 0 Å². The first-order chi connectivity index (χ1) is 9.97. The molecule has 1 aromatic carbocycles. The van der Waals surface area contributed by atoms with Crippen LogP contribution >= 0.6 is 24.0 Å². The van der Waals surface area contributed by atoms with Gasteiger partial charge in [0, 0.05) is 23.4 Å². The molecule has 0 spiro atoms. The minimum Gasteiger partial charge on any atom is -0.434 e. The molecule has 1 atom stereocenters. The van der Waals surface area contributed by atoms with Gasteiger partial charge in [0.1, 0.15) is 0 Å². The predicted octanol–water partition coefficient (Wildman–Crippen LogP) is 1.37. The number of amides is 2. The Bertz CT molecular complexity index is 650. The van der Waals surface area contributed by atoms with Crippen molar-refractivity contribution in [3.05, 3.63) is 18.2 Å². The molecule has 8 heteroatoms. The number of benzene rings is 1. The summed E-state index contributed by atoms with van der Waals surface area (Å²) in [7, 11) is 1.92. The maximum Gasteiger partial charge on any atom is 0.415 e. The molecule has 110 valence electrons. The lowest BCUT2D eigenvalue weighted by Gasteiger charge is -2.28. The van der Waals surface area contributed by atoms with E-state index in [-0.39, 0.29) is 6.54 Å². The van der Waals surface area contributed by atoms with Crippen LogP contribution < -0.4 is 15.5 Å². The average molecular weight is 323 g/mol. The molecular formula is C13H13N3O3S2. The smallest absolute Gasteiger partial charge is 0.415 e. The second-order valence-corrected chi connectivity index (χ2v) is 6.27. The summed E-state index contributed by atoms with van der Waals surface area (Å²) in [6.07, 6.45) is -1.44. The van der Waals surface area contributed by atoms with Crippen LogP contribution in [0.1, 0.15) is 0 Å². The summed E-state index contributed by atoms with van der Waals surface area (Å²) < 4.78 is 4.95. The zero-order valence-electron chi connectivity index (χ0n) is 11.2. The van der Waals surface area contributed by atoms with Crippen LogP contribution in [0.4, 0.5) is 16.2 Å². The van der Waals surface area contributed by atoms with Crippen molar-refractivity contribution in [2.45, 2.75) is 11.0 Å². The Morgan fingerprint density at radius 2 is 2.29 bits per heavy atom. The van der Waals surface area contributed by atoms with Gasteiger partial charge in [-0.3, -0.25) is 9.69 Å². The molecular weight excluding hydrogens is 310 g/mol. The van der Waals surface area contributed by atoms with Crippen LogP contribution in [0.15, 0.2) is 23.1 Å². The molecule has 2 N–H and O–H groups in total. The Morgan fingerprint density at radius 1 is 1.52 bits per heavy atom. The summed E-state index contributed by atoms with van der Waals surface area (Å²) in [4.78, 5) is 28.2. The third-order valence-electron chi connectivity index (χ3n) is 3.47. The molecule has 3 rings (SSSR count). The average Bonchev–Trinajstić information content (AvgIpc) is 2.85. The van der Waals surface area contributed by atoms with Gasteiger partial charge in [0.05, 0.1) is 17.2 Å². The number of hydrogen-bond acceptors (Lipinski definition) is 5. The zero-order chi connectivity index (χ0) is 15.1. The maximum absolute atomic E-state index is 11.8. The normalized spacial score (nSPS) is 21.3. The molecule has 0 aromatic heterocycles. The Balaban J connectivity index is 1.90. The van der Waals surface area contributed by atoms with Crippen LogP contribution in [0, 0.1) is 0 Å². The first-order valence-electron chi connectivity index (χ1n) is 6.28. The quantitative estimate of drug-likeness (QED) is 0.829. The number of thiocarbonyl (C=S) groups is 1. The van der Waals surface area contributed by atoms with Gasteiger partial charge in [-0.05, 0) is 18.2 Å². The van der Waals surface area contributed by atoms with E-state index in [4.69, 9.17) is 22.7 Å². The lowest BCUT2D eigenvalue weighted by molar-refractivity contribution is -0.124. The van der Waals surface area contributed by atoms with E-state index in [1.807, 2.05) is 30.1 Å². The number of ether oxygens (including phenoxy) is 1. The van der Waals surface area contributed by atoms with Crippen LogP contribution in [0.2, 0.25) is 0 Å². The molecule has 0 aliphatic carbocycles. The predicted molar refractivity (Wildman–Crippen MR) is 85.0 cm³/mol. The lowest BCUT2D eigenvalue weighted by Crippen LogP contribution is -2.33. The largest absolute Gasteiger partial charge is 0.434 e. The summed E-state index contributed by atoms with van der Waals surface area (Å²) in [6, 6.07) is 5.63. The molecule has 2 aliphatic heterocycles. The Hall–Kier alpha value is -1.80. The number of thioether (sulfide) groups is 1. The fraction of sp³-hybridized carbons (Fsp3) is 0.308. The van der Waals surface area contributed by atoms with E-state index in [9.17, 15) is 9.59 Å². The number of carbonyl (C=O) groups excluding carboxylic acids is 2. The summed E-state index contributed by atoms with van der Waals surface area (Å²) in [5.74, 6) is 0.0969. The van der Waals surface area contributed by atoms with Crippen LogP contribution in [0.3, 0.4) is 0 Å². The maximum atomic E-state index is 11.8. The topological polar surface area (TPSA) is 75.9 Å². The van der Waals surface area contributed by atoms with Crippen LogP contribution in [0.5, 0.6) is 0 Å². The molecule has 2 amide bonds. The molecule has 1 aromatic rings. The third kappa shape index (κ3) is 2.44. The molecule has 0 bridgehead atoms. The van der Waals surface area contributed by atoms with E-state index >= 15 is 0 Å². The van der Waals surface area contributed by atoms with E-state index in [2.05, 4.69) is 0 Å². The van der Waals surface area contributed by atoms with Crippen molar-refractivity contribution >= 4 is 52.3 Å². The minimum absolute atomic E-state index is 0.145. The van der Waals surface area contributed by atoms with E-state index in [0.29, 0.717) is 5.69 Å². The van der Waals surface area contributed by atoms with Gasteiger partial charge < -0.3 is 15.4 Å². The summed E-state index contributed by atoms with van der Waals surface area (Å²) in [5.41, 5.74) is 6.88. The molecule has 0 saturated carbocycles. The highest BCUT2D eigenvalue weighted by Gasteiger charge is 2.36. The van der Waals surface area contributed by atoms with Gasteiger partial charge in [0.15, 0.2) is 6.10 Å². The number of nitrogens with two attached hydrogens (primary N) is 1. The number of hydrogen-bond donors (Lipinski definition) is 1. The fourth-order valence-corrected chi connectivity index (χ4v) is 3.56. The second kappa shape index (κ2) is 5.19. The molecule has 21 heavy (non-hydrogen) atoms. The van der Waals surface area contributed by atoms with Crippen molar-refractivity contribution in [2.24, 2.45) is 5.73 Å². The minimum atomic E-state index is -0.892. The van der Waals surface area contributed by atoms with Crippen molar-refractivity contribution in [2.75, 3.05) is 29.1 Å². The van der Waals surface area contributed by atoms with Crippen molar-refractivity contribution in [3.63, 3.8) is 0 Å². The summed E-state index contributed by atoms with van der Waals surface area (Å²) in [5, 5.41) is 0. The van der Waals surface area contributed by atoms with Gasteiger partial charge in [-0.2, -0.15) is 0 Å². The van der Waals surface area contributed by atoms with Gasteiger partial charge >= 0.3 is 6.09 Å². The molecule has 1 saturated heterocycles. The SMILES string of the molecule is CN1C(=S)CSc2cc(N3C[C@H](C(N)=O)OC3=O)ccc21. The number of cyclic esters (lactones) is 1. The number of primary amides is 1. The van der Waals surface area contributed by atoms with Crippen molar-refractivity contribution < 1.29 is 14.3 Å². The first kappa shape index (κ1) is 14.2. The Kier molecular flexibility index (Phi) is 3.50. The Labute approximate surface area is 131 Å². The van der Waals surface area contributed by atoms with Crippen LogP contribution in [0.25, 0.3) is 0 Å². The van der Waals surface area contributed by atoms with Gasteiger partial charge in [-0.1, -0.05) is 12.2 Å². The fourth-order valence-electron chi connectivity index (χ4n) is 2.26. The molecule has 0 unspecified atom stereocenters. The number of anilines is 2. The van der Waals surface area contributed by atoms with E-state index in [1.54, 1.807) is 11.8 Å². The van der Waals surface area contributed by atoms with Gasteiger partial charge in [-0.15, -0.1) is 11.8 Å². The molecule has 2 heterocycles. The second-order valence-electron chi connectivity index (χ2n) is 4.78. The van der Waals surface area contributed by atoms with E-state index < -0.39 is 18.1 Å². The third-order valence-corrected chi connectivity index (χ3v) is 5.13. The number of fused-ring (bicyclic) bond motifs is 1. The zero-order valence-corrected chi connectivity index (χ0v) is 12.9. The highest BCUT2D eigenvalue weighted by Crippen LogP contribution is 2.38. The molecule has 0 radical (unpaired) electrons. The summed E-state index contributed by atoms with van der Waals surface area (Å²) >= 11 is 6.91. The highest BCUT2D eigenvalue weighted by atomic mass is 32.2. The monoisotopic (exact) mass is 323 g/mol. The van der Waals surface area contributed by atoms with Crippen molar-refractivity contribution in [1.82, 2.24) is 0 Å². The highest BCUT2D eigenvalue weighted by molar-refractivity contribution is 8.01. The standard InChI is InChI=1S/C13H13N3O3S2/c1-15-8-3-2-7(4-10(8)21-6-11(15)20)16-5-9(12(14)17)19-13(16)18/h2-4,9H,5-6H2,1H3,(H2,14,17)/t9-/m1/s1. The number of rotatable bonds is 2. The van der Waals surface area contributed by atoms with Crippen LogP contribution in [-0.4, -0.2) is 42.4 Å². The number of nitrogens with zero attached hydrogens (tertiary/aromatic N) is 2. The summed E-state index contributed by atoms with van der Waals surface area (Å²) in [6.45, 7) is 0.145. The van der Waals surface area contributed by atoms with Gasteiger partial charge in [-0.25, -0.2) is 4.79 Å². The lowest BCUT2D eigenvalue weighted by atomic mass is 10.2. The molecule has 6 nitrogen and oxygen atoms in total. The van der Waals surface area contributed by atoms with Gasteiger partial charge in [0.25, 0.3) is 5.91 Å². The van der Waals surface area contributed by atoms with E-state index in [1.165, 1.54) is 4.90 Å². The van der Waals surface area contributed by atoms with Crippen LogP contribution in [-0.2, 0) is 9.53 Å². The molecule has 1 fully saturated rings. The van der Waals surface area contributed by atoms with Gasteiger partial charge in [0.2, 0.25) is 0 Å².